The maximum absolute atomic E-state index is 11.1. The van der Waals surface area contributed by atoms with E-state index in [1.54, 1.807) is 13.0 Å². The van der Waals surface area contributed by atoms with Crippen molar-refractivity contribution in [2.24, 2.45) is 5.41 Å². The van der Waals surface area contributed by atoms with Crippen LogP contribution in [0.5, 0.6) is 0 Å². The first-order valence-electron chi connectivity index (χ1n) is 4.20. The molecule has 0 saturated carbocycles. The monoisotopic (exact) mass is 166 g/mol. The Hall–Kier alpha value is -0.850. The van der Waals surface area contributed by atoms with Gasteiger partial charge in [0.15, 0.2) is 0 Å². The zero-order valence-corrected chi connectivity index (χ0v) is 8.48. The fourth-order valence-electron chi connectivity index (χ4n) is 0.643. The molecule has 0 unspecified atom stereocenters. The molecule has 0 heterocycles. The molecule has 0 spiro atoms. The van der Waals surface area contributed by atoms with Gasteiger partial charge in [-0.05, 0) is 20.3 Å². The van der Waals surface area contributed by atoms with Gasteiger partial charge < -0.3 is 0 Å². The fourth-order valence-corrected chi connectivity index (χ4v) is 0.643. The van der Waals surface area contributed by atoms with Crippen LogP contribution in [-0.2, 0) is 4.79 Å². The van der Waals surface area contributed by atoms with Crippen molar-refractivity contribution in [2.45, 2.75) is 34.1 Å². The van der Waals surface area contributed by atoms with E-state index in [0.29, 0.717) is 0 Å². The maximum atomic E-state index is 11.1. The van der Waals surface area contributed by atoms with Crippen molar-refractivity contribution < 1.29 is 4.79 Å². The van der Waals surface area contributed by atoms with Gasteiger partial charge in [0.1, 0.15) is 5.78 Å². The number of allylic oxidation sites excluding steroid dienone is 3. The molecule has 0 rings (SSSR count). The fraction of sp³-hybridized carbons (Fsp3) is 0.545. The largest absolute Gasteiger partial charge is 0.299 e. The Morgan fingerprint density at radius 2 is 1.92 bits per heavy atom. The van der Waals surface area contributed by atoms with E-state index in [4.69, 9.17) is 0 Å². The second-order valence-corrected chi connectivity index (χ2v) is 3.80. The summed E-state index contributed by atoms with van der Waals surface area (Å²) in [4.78, 5) is 11.1. The van der Waals surface area contributed by atoms with Crippen molar-refractivity contribution in [1.29, 1.82) is 0 Å². The zero-order chi connectivity index (χ0) is 9.78. The van der Waals surface area contributed by atoms with E-state index in [0.717, 1.165) is 12.0 Å². The van der Waals surface area contributed by atoms with Crippen LogP contribution in [0.4, 0.5) is 0 Å². The summed E-state index contributed by atoms with van der Waals surface area (Å²) in [6.07, 6.45) is 4.64. The van der Waals surface area contributed by atoms with E-state index in [1.807, 2.05) is 20.8 Å². The van der Waals surface area contributed by atoms with E-state index in [-0.39, 0.29) is 11.2 Å². The number of ketones is 1. The number of hydrogen-bond acceptors (Lipinski definition) is 1. The first-order valence-corrected chi connectivity index (χ1v) is 4.20. The average Bonchev–Trinajstić information content (AvgIpc) is 2.00. The Morgan fingerprint density at radius 3 is 2.25 bits per heavy atom. The summed E-state index contributed by atoms with van der Waals surface area (Å²) >= 11 is 0. The molecule has 0 bridgehead atoms. The van der Waals surface area contributed by atoms with E-state index in [2.05, 4.69) is 12.7 Å². The predicted molar refractivity (Wildman–Crippen MR) is 53.0 cm³/mol. The molecule has 0 aliphatic heterocycles. The first-order chi connectivity index (χ1) is 5.40. The van der Waals surface area contributed by atoms with Gasteiger partial charge >= 0.3 is 0 Å². The lowest BCUT2D eigenvalue weighted by Gasteiger charge is -2.18. The number of hydrogen-bond donors (Lipinski definition) is 0. The standard InChI is InChI=1S/C11H18O/c1-6-9(2)7-8-11(4,5)10(3)12/h6-7H,1,8H2,2-5H3/b9-7+. The molecule has 0 aromatic rings. The molecule has 0 amide bonds. The van der Waals surface area contributed by atoms with Crippen LogP contribution in [0.2, 0.25) is 0 Å². The molecular weight excluding hydrogens is 148 g/mol. The summed E-state index contributed by atoms with van der Waals surface area (Å²) in [7, 11) is 0. The van der Waals surface area contributed by atoms with Gasteiger partial charge in [0.2, 0.25) is 0 Å². The molecule has 0 radical (unpaired) electrons. The van der Waals surface area contributed by atoms with Gasteiger partial charge in [0.25, 0.3) is 0 Å². The Bertz CT molecular complexity index is 209. The van der Waals surface area contributed by atoms with Gasteiger partial charge in [-0.2, -0.15) is 0 Å². The highest BCUT2D eigenvalue weighted by atomic mass is 16.1. The second-order valence-electron chi connectivity index (χ2n) is 3.80. The minimum atomic E-state index is -0.232. The van der Waals surface area contributed by atoms with Crippen LogP contribution in [-0.4, -0.2) is 5.78 Å². The highest BCUT2D eigenvalue weighted by Crippen LogP contribution is 2.22. The van der Waals surface area contributed by atoms with Crippen LogP contribution in [0.1, 0.15) is 34.1 Å². The molecule has 1 nitrogen and oxygen atoms in total. The van der Waals surface area contributed by atoms with Crippen molar-refractivity contribution in [3.05, 3.63) is 24.3 Å². The minimum Gasteiger partial charge on any atom is -0.299 e. The molecule has 0 aromatic heterocycles. The highest BCUT2D eigenvalue weighted by Gasteiger charge is 2.21. The maximum Gasteiger partial charge on any atom is 0.135 e. The molecule has 1 heteroatoms. The van der Waals surface area contributed by atoms with Crippen LogP contribution in [0.25, 0.3) is 0 Å². The molecule has 12 heavy (non-hydrogen) atoms. The van der Waals surface area contributed by atoms with Gasteiger partial charge in [0, 0.05) is 5.41 Å². The summed E-state index contributed by atoms with van der Waals surface area (Å²) in [6, 6.07) is 0. The SMILES string of the molecule is C=C/C(C)=C/CC(C)(C)C(C)=O. The Morgan fingerprint density at radius 1 is 1.42 bits per heavy atom. The third-order valence-corrected chi connectivity index (χ3v) is 2.21. The molecule has 0 aromatic carbocycles. The molecule has 0 saturated heterocycles. The van der Waals surface area contributed by atoms with Crippen LogP contribution in [0.15, 0.2) is 24.3 Å². The van der Waals surface area contributed by atoms with E-state index in [1.165, 1.54) is 0 Å². The lowest BCUT2D eigenvalue weighted by Crippen LogP contribution is -2.20. The molecule has 0 N–H and O–H groups in total. The molecule has 0 atom stereocenters. The lowest BCUT2D eigenvalue weighted by molar-refractivity contribution is -0.124. The molecule has 0 aliphatic rings. The Labute approximate surface area is 75.2 Å². The smallest absolute Gasteiger partial charge is 0.135 e. The van der Waals surface area contributed by atoms with Gasteiger partial charge in [-0.25, -0.2) is 0 Å². The zero-order valence-electron chi connectivity index (χ0n) is 8.48. The van der Waals surface area contributed by atoms with Gasteiger partial charge in [-0.3, -0.25) is 4.79 Å². The third kappa shape index (κ3) is 3.51. The minimum absolute atomic E-state index is 0.232. The third-order valence-electron chi connectivity index (χ3n) is 2.21. The summed E-state index contributed by atoms with van der Waals surface area (Å²) in [6.45, 7) is 11.2. The van der Waals surface area contributed by atoms with Crippen molar-refractivity contribution in [1.82, 2.24) is 0 Å². The van der Waals surface area contributed by atoms with E-state index >= 15 is 0 Å². The number of Topliss-reactive ketones (excluding diaryl/α,β-unsaturated/α-hetero) is 1. The van der Waals surface area contributed by atoms with Crippen LogP contribution in [0, 0.1) is 5.41 Å². The van der Waals surface area contributed by atoms with Gasteiger partial charge in [-0.15, -0.1) is 0 Å². The van der Waals surface area contributed by atoms with Crippen molar-refractivity contribution in [3.63, 3.8) is 0 Å². The van der Waals surface area contributed by atoms with Gasteiger partial charge in [-0.1, -0.05) is 38.2 Å². The Balaban J connectivity index is 4.26. The lowest BCUT2D eigenvalue weighted by atomic mass is 9.85. The van der Waals surface area contributed by atoms with Gasteiger partial charge in [0.05, 0.1) is 0 Å². The summed E-state index contributed by atoms with van der Waals surface area (Å²) < 4.78 is 0. The van der Waals surface area contributed by atoms with Crippen molar-refractivity contribution >= 4 is 5.78 Å². The second kappa shape index (κ2) is 4.24. The number of rotatable bonds is 4. The molecule has 68 valence electrons. The summed E-state index contributed by atoms with van der Waals surface area (Å²) in [5, 5.41) is 0. The molecule has 0 fully saturated rings. The van der Waals surface area contributed by atoms with Crippen molar-refractivity contribution in [3.8, 4) is 0 Å². The predicted octanol–water partition coefficient (Wildman–Crippen LogP) is 3.12. The Kier molecular flexibility index (Phi) is 3.94. The quantitative estimate of drug-likeness (QED) is 0.586. The van der Waals surface area contributed by atoms with Crippen LogP contribution < -0.4 is 0 Å². The topological polar surface area (TPSA) is 17.1 Å². The van der Waals surface area contributed by atoms with E-state index in [9.17, 15) is 4.79 Å². The number of carbonyl (C=O) groups is 1. The number of carbonyl (C=O) groups excluding carboxylic acids is 1. The molecular formula is C11H18O. The van der Waals surface area contributed by atoms with Crippen LogP contribution >= 0.6 is 0 Å². The summed E-state index contributed by atoms with van der Waals surface area (Å²) in [5.41, 5.74) is 0.897. The van der Waals surface area contributed by atoms with Crippen LogP contribution in [0.3, 0.4) is 0 Å². The normalized spacial score (nSPS) is 12.8. The molecule has 0 aliphatic carbocycles. The highest BCUT2D eigenvalue weighted by molar-refractivity contribution is 5.81. The summed E-state index contributed by atoms with van der Waals surface area (Å²) in [5.74, 6) is 0.232. The van der Waals surface area contributed by atoms with E-state index < -0.39 is 0 Å². The first kappa shape index (κ1) is 11.2. The van der Waals surface area contributed by atoms with Crippen molar-refractivity contribution in [2.75, 3.05) is 0 Å². The average molecular weight is 166 g/mol.